The molecule has 2 rings (SSSR count). The zero-order chi connectivity index (χ0) is 16.7. The van der Waals surface area contributed by atoms with Crippen molar-refractivity contribution in [1.82, 2.24) is 15.5 Å². The first-order chi connectivity index (χ1) is 11.0. The van der Waals surface area contributed by atoms with E-state index in [9.17, 15) is 9.59 Å². The van der Waals surface area contributed by atoms with Gasteiger partial charge in [0.1, 0.15) is 6.61 Å². The Bertz CT molecular complexity index is 387. The first-order valence-corrected chi connectivity index (χ1v) is 9.01. The average Bonchev–Trinajstić information content (AvgIpc) is 2.54. The van der Waals surface area contributed by atoms with Gasteiger partial charge >= 0.3 is 6.03 Å². The third-order valence-electron chi connectivity index (χ3n) is 4.66. The van der Waals surface area contributed by atoms with Gasteiger partial charge in [0, 0.05) is 25.2 Å². The molecule has 3 amide bonds. The second kappa shape index (κ2) is 9.11. The van der Waals surface area contributed by atoms with E-state index in [2.05, 4.69) is 10.6 Å². The molecule has 1 heterocycles. The second-order valence-electron chi connectivity index (χ2n) is 6.97. The summed E-state index contributed by atoms with van der Waals surface area (Å²) in [6.07, 6.45) is 7.59. The Morgan fingerprint density at radius 1 is 1.00 bits per heavy atom. The lowest BCUT2D eigenvalue weighted by Crippen LogP contribution is -2.51. The van der Waals surface area contributed by atoms with Gasteiger partial charge in [-0.2, -0.15) is 0 Å². The number of nitrogens with zero attached hydrogens (tertiary/aromatic N) is 1. The van der Waals surface area contributed by atoms with Gasteiger partial charge < -0.3 is 20.3 Å². The van der Waals surface area contributed by atoms with Crippen LogP contribution in [0.25, 0.3) is 0 Å². The van der Waals surface area contributed by atoms with Crippen LogP contribution in [0.3, 0.4) is 0 Å². The number of amides is 3. The number of ether oxygens (including phenoxy) is 1. The Balaban J connectivity index is 1.63. The SMILES string of the molecule is CC(C)OCC(=O)N1CCC(NC(=O)NC2CCCCC2)CC1. The van der Waals surface area contributed by atoms with Crippen LogP contribution in [0.1, 0.15) is 58.8 Å². The van der Waals surface area contributed by atoms with Crippen molar-refractivity contribution in [3.8, 4) is 0 Å². The molecule has 0 aromatic carbocycles. The van der Waals surface area contributed by atoms with Crippen molar-refractivity contribution in [2.45, 2.75) is 77.0 Å². The number of carbonyl (C=O) groups excluding carboxylic acids is 2. The molecule has 2 fully saturated rings. The summed E-state index contributed by atoms with van der Waals surface area (Å²) < 4.78 is 5.36. The number of hydrogen-bond acceptors (Lipinski definition) is 3. The van der Waals surface area contributed by atoms with Gasteiger partial charge in [-0.05, 0) is 39.5 Å². The third kappa shape index (κ3) is 6.37. The molecule has 0 radical (unpaired) electrons. The van der Waals surface area contributed by atoms with Crippen molar-refractivity contribution in [2.75, 3.05) is 19.7 Å². The summed E-state index contributed by atoms with van der Waals surface area (Å²) in [5.74, 6) is 0.0452. The minimum atomic E-state index is -0.0511. The Labute approximate surface area is 139 Å². The molecule has 2 aliphatic rings. The van der Waals surface area contributed by atoms with E-state index < -0.39 is 0 Å². The van der Waals surface area contributed by atoms with Crippen molar-refractivity contribution in [2.24, 2.45) is 0 Å². The Hall–Kier alpha value is -1.30. The summed E-state index contributed by atoms with van der Waals surface area (Å²) >= 11 is 0. The molecule has 0 unspecified atom stereocenters. The Kier molecular flexibility index (Phi) is 7.15. The van der Waals surface area contributed by atoms with Crippen molar-refractivity contribution in [3.63, 3.8) is 0 Å². The van der Waals surface area contributed by atoms with E-state index >= 15 is 0 Å². The molecule has 0 aromatic heterocycles. The normalized spacial score (nSPS) is 20.6. The highest BCUT2D eigenvalue weighted by Gasteiger charge is 2.24. The van der Waals surface area contributed by atoms with E-state index in [1.807, 2.05) is 18.7 Å². The van der Waals surface area contributed by atoms with Crippen LogP contribution < -0.4 is 10.6 Å². The summed E-state index contributed by atoms with van der Waals surface area (Å²) in [6, 6.07) is 0.442. The summed E-state index contributed by atoms with van der Waals surface area (Å²) in [6.45, 7) is 5.38. The van der Waals surface area contributed by atoms with Crippen LogP contribution in [0.4, 0.5) is 4.79 Å². The molecule has 1 saturated heterocycles. The number of nitrogens with one attached hydrogen (secondary N) is 2. The molecule has 0 aromatic rings. The number of hydrogen-bond donors (Lipinski definition) is 2. The number of piperidine rings is 1. The molecule has 2 N–H and O–H groups in total. The largest absolute Gasteiger partial charge is 0.369 e. The van der Waals surface area contributed by atoms with Gasteiger partial charge in [-0.3, -0.25) is 4.79 Å². The molecule has 1 saturated carbocycles. The quantitative estimate of drug-likeness (QED) is 0.812. The summed E-state index contributed by atoms with van der Waals surface area (Å²) in [5, 5.41) is 6.14. The van der Waals surface area contributed by atoms with E-state index in [1.54, 1.807) is 0 Å². The number of likely N-dealkylation sites (tertiary alicyclic amines) is 1. The Morgan fingerprint density at radius 2 is 1.57 bits per heavy atom. The van der Waals surface area contributed by atoms with Crippen LogP contribution in [0.15, 0.2) is 0 Å². The maximum absolute atomic E-state index is 12.0. The minimum Gasteiger partial charge on any atom is -0.369 e. The zero-order valence-electron chi connectivity index (χ0n) is 14.5. The second-order valence-corrected chi connectivity index (χ2v) is 6.97. The van der Waals surface area contributed by atoms with Gasteiger partial charge in [-0.25, -0.2) is 4.79 Å². The molecular formula is C17H31N3O3. The minimum absolute atomic E-state index is 0.0452. The maximum atomic E-state index is 12.0. The van der Waals surface area contributed by atoms with Gasteiger partial charge in [0.2, 0.25) is 5.91 Å². The first-order valence-electron chi connectivity index (χ1n) is 9.01. The summed E-state index contributed by atoms with van der Waals surface area (Å²) in [4.78, 5) is 25.9. The monoisotopic (exact) mass is 325 g/mol. The van der Waals surface area contributed by atoms with Crippen LogP contribution in [-0.4, -0.2) is 54.7 Å². The van der Waals surface area contributed by atoms with Gasteiger partial charge in [0.05, 0.1) is 6.10 Å². The van der Waals surface area contributed by atoms with E-state index in [0.717, 1.165) is 25.7 Å². The molecule has 0 atom stereocenters. The van der Waals surface area contributed by atoms with Crippen LogP contribution in [-0.2, 0) is 9.53 Å². The molecule has 132 valence electrons. The van der Waals surface area contributed by atoms with Crippen molar-refractivity contribution >= 4 is 11.9 Å². The van der Waals surface area contributed by atoms with Gasteiger partial charge in [0.25, 0.3) is 0 Å². The molecule has 1 aliphatic heterocycles. The predicted molar refractivity (Wildman–Crippen MR) is 89.2 cm³/mol. The number of rotatable bonds is 5. The highest BCUT2D eigenvalue weighted by molar-refractivity contribution is 5.77. The highest BCUT2D eigenvalue weighted by Crippen LogP contribution is 2.17. The summed E-state index contributed by atoms with van der Waals surface area (Å²) in [7, 11) is 0. The first kappa shape index (κ1) is 18.0. The molecule has 23 heavy (non-hydrogen) atoms. The van der Waals surface area contributed by atoms with E-state index in [4.69, 9.17) is 4.74 Å². The van der Waals surface area contributed by atoms with Crippen molar-refractivity contribution in [1.29, 1.82) is 0 Å². The van der Waals surface area contributed by atoms with Crippen LogP contribution in [0, 0.1) is 0 Å². The van der Waals surface area contributed by atoms with Crippen molar-refractivity contribution in [3.05, 3.63) is 0 Å². The fourth-order valence-electron chi connectivity index (χ4n) is 3.26. The van der Waals surface area contributed by atoms with Gasteiger partial charge in [-0.15, -0.1) is 0 Å². The highest BCUT2D eigenvalue weighted by atomic mass is 16.5. The van der Waals surface area contributed by atoms with Gasteiger partial charge in [-0.1, -0.05) is 19.3 Å². The topological polar surface area (TPSA) is 70.7 Å². The average molecular weight is 325 g/mol. The smallest absolute Gasteiger partial charge is 0.315 e. The van der Waals surface area contributed by atoms with Crippen LogP contribution in [0.5, 0.6) is 0 Å². The lowest BCUT2D eigenvalue weighted by atomic mass is 9.96. The van der Waals surface area contributed by atoms with Crippen molar-refractivity contribution < 1.29 is 14.3 Å². The molecule has 6 nitrogen and oxygen atoms in total. The standard InChI is InChI=1S/C17H31N3O3/c1-13(2)23-12-16(21)20-10-8-15(9-11-20)19-17(22)18-14-6-4-3-5-7-14/h13-15H,3-12H2,1-2H3,(H2,18,19,22). The number of urea groups is 1. The lowest BCUT2D eigenvalue weighted by molar-refractivity contribution is -0.138. The van der Waals surface area contributed by atoms with Crippen LogP contribution in [0.2, 0.25) is 0 Å². The maximum Gasteiger partial charge on any atom is 0.315 e. The van der Waals surface area contributed by atoms with E-state index in [0.29, 0.717) is 19.1 Å². The van der Waals surface area contributed by atoms with Gasteiger partial charge in [0.15, 0.2) is 0 Å². The lowest BCUT2D eigenvalue weighted by Gasteiger charge is -2.33. The molecule has 0 spiro atoms. The molecule has 1 aliphatic carbocycles. The molecule has 0 bridgehead atoms. The Morgan fingerprint density at radius 3 is 2.13 bits per heavy atom. The third-order valence-corrected chi connectivity index (χ3v) is 4.66. The van der Waals surface area contributed by atoms with E-state index in [-0.39, 0.29) is 30.7 Å². The fourth-order valence-corrected chi connectivity index (χ4v) is 3.26. The number of carbonyl (C=O) groups is 2. The fraction of sp³-hybridized carbons (Fsp3) is 0.882. The zero-order valence-corrected chi connectivity index (χ0v) is 14.5. The predicted octanol–water partition coefficient (Wildman–Crippen LogP) is 2.03. The molecule has 6 heteroatoms. The van der Waals surface area contributed by atoms with Crippen LogP contribution >= 0.6 is 0 Å². The van der Waals surface area contributed by atoms with E-state index in [1.165, 1.54) is 19.3 Å². The summed E-state index contributed by atoms with van der Waals surface area (Å²) in [5.41, 5.74) is 0. The molecular weight excluding hydrogens is 294 g/mol.